The Morgan fingerprint density at radius 3 is 2.70 bits per heavy atom. The molecule has 3 rings (SSSR count). The summed E-state index contributed by atoms with van der Waals surface area (Å²) < 4.78 is 1.18. The molecular formula is C17H25BrN2. The average Bonchev–Trinajstić information content (AvgIpc) is 2.86. The van der Waals surface area contributed by atoms with Gasteiger partial charge in [-0.2, -0.15) is 0 Å². The molecule has 2 aliphatic rings. The van der Waals surface area contributed by atoms with Crippen LogP contribution in [-0.2, 0) is 0 Å². The number of piperazine rings is 1. The Morgan fingerprint density at radius 2 is 2.05 bits per heavy atom. The molecule has 1 aromatic carbocycles. The first-order valence-electron chi connectivity index (χ1n) is 7.87. The van der Waals surface area contributed by atoms with Crippen LogP contribution in [0.1, 0.15) is 39.5 Å². The van der Waals surface area contributed by atoms with Gasteiger partial charge in [0, 0.05) is 34.8 Å². The van der Waals surface area contributed by atoms with Crippen molar-refractivity contribution >= 4 is 21.6 Å². The fraction of sp³-hybridized carbons (Fsp3) is 0.647. The quantitative estimate of drug-likeness (QED) is 0.870. The maximum absolute atomic E-state index is 3.89. The van der Waals surface area contributed by atoms with Crippen LogP contribution in [0.25, 0.3) is 0 Å². The SMILES string of the molecule is CC(C)C1CNC2(CCCC2)CN1c1cccc(Br)c1. The van der Waals surface area contributed by atoms with Crippen molar-refractivity contribution in [2.45, 2.75) is 51.1 Å². The van der Waals surface area contributed by atoms with Crippen molar-refractivity contribution in [1.82, 2.24) is 5.32 Å². The fourth-order valence-electron chi connectivity index (χ4n) is 3.85. The number of rotatable bonds is 2. The summed E-state index contributed by atoms with van der Waals surface area (Å²) in [6.45, 7) is 6.95. The molecule has 1 unspecified atom stereocenters. The smallest absolute Gasteiger partial charge is 0.0438 e. The zero-order valence-corrected chi connectivity index (χ0v) is 14.1. The molecule has 1 N–H and O–H groups in total. The molecule has 1 saturated carbocycles. The number of hydrogen-bond acceptors (Lipinski definition) is 2. The predicted molar refractivity (Wildman–Crippen MR) is 89.3 cm³/mol. The second kappa shape index (κ2) is 5.69. The molecule has 2 fully saturated rings. The number of hydrogen-bond donors (Lipinski definition) is 1. The molecule has 1 saturated heterocycles. The summed E-state index contributed by atoms with van der Waals surface area (Å²) in [5.41, 5.74) is 1.74. The first-order valence-corrected chi connectivity index (χ1v) is 8.66. The summed E-state index contributed by atoms with van der Waals surface area (Å²) in [5, 5.41) is 3.89. The number of nitrogens with zero attached hydrogens (tertiary/aromatic N) is 1. The molecule has 2 nitrogen and oxygen atoms in total. The second-order valence-electron chi connectivity index (χ2n) is 6.79. The van der Waals surface area contributed by atoms with Crippen LogP contribution < -0.4 is 10.2 Å². The molecule has 0 bridgehead atoms. The van der Waals surface area contributed by atoms with Crippen LogP contribution in [0.15, 0.2) is 28.7 Å². The van der Waals surface area contributed by atoms with E-state index in [1.165, 1.54) is 35.8 Å². The molecule has 3 heteroatoms. The maximum atomic E-state index is 3.89. The Kier molecular flexibility index (Phi) is 4.09. The first-order chi connectivity index (χ1) is 9.60. The molecule has 1 aromatic rings. The lowest BCUT2D eigenvalue weighted by atomic mass is 9.88. The Labute approximate surface area is 131 Å². The molecule has 0 radical (unpaired) electrons. The molecular weight excluding hydrogens is 312 g/mol. The van der Waals surface area contributed by atoms with E-state index in [0.29, 0.717) is 17.5 Å². The van der Waals surface area contributed by atoms with Crippen LogP contribution >= 0.6 is 15.9 Å². The van der Waals surface area contributed by atoms with Gasteiger partial charge in [-0.1, -0.05) is 48.7 Å². The van der Waals surface area contributed by atoms with E-state index in [1.54, 1.807) is 0 Å². The Bertz CT molecular complexity index is 466. The highest BCUT2D eigenvalue weighted by atomic mass is 79.9. The first kappa shape index (κ1) is 14.4. The lowest BCUT2D eigenvalue weighted by Gasteiger charge is -2.49. The van der Waals surface area contributed by atoms with Crippen molar-refractivity contribution in [3.05, 3.63) is 28.7 Å². The number of benzene rings is 1. The summed E-state index contributed by atoms with van der Waals surface area (Å²) in [5.74, 6) is 0.667. The van der Waals surface area contributed by atoms with Gasteiger partial charge in [-0.15, -0.1) is 0 Å². The van der Waals surface area contributed by atoms with Crippen LogP contribution in [-0.4, -0.2) is 24.7 Å². The lowest BCUT2D eigenvalue weighted by molar-refractivity contribution is 0.245. The van der Waals surface area contributed by atoms with E-state index in [-0.39, 0.29) is 0 Å². The van der Waals surface area contributed by atoms with Crippen molar-refractivity contribution in [3.8, 4) is 0 Å². The van der Waals surface area contributed by atoms with Crippen molar-refractivity contribution in [3.63, 3.8) is 0 Å². The minimum Gasteiger partial charge on any atom is -0.365 e. The van der Waals surface area contributed by atoms with Crippen molar-refractivity contribution < 1.29 is 0 Å². The van der Waals surface area contributed by atoms with Crippen molar-refractivity contribution in [2.75, 3.05) is 18.0 Å². The third-order valence-electron chi connectivity index (χ3n) is 5.03. The van der Waals surface area contributed by atoms with E-state index in [2.05, 4.69) is 64.3 Å². The lowest BCUT2D eigenvalue weighted by Crippen LogP contribution is -2.64. The molecule has 0 amide bonds. The van der Waals surface area contributed by atoms with E-state index in [9.17, 15) is 0 Å². The number of anilines is 1. The van der Waals surface area contributed by atoms with Crippen molar-refractivity contribution in [1.29, 1.82) is 0 Å². The highest BCUT2D eigenvalue weighted by Crippen LogP contribution is 2.36. The van der Waals surface area contributed by atoms with Crippen LogP contribution in [0.5, 0.6) is 0 Å². The molecule has 20 heavy (non-hydrogen) atoms. The Morgan fingerprint density at radius 1 is 1.30 bits per heavy atom. The molecule has 1 aliphatic heterocycles. The van der Waals surface area contributed by atoms with Gasteiger partial charge in [0.15, 0.2) is 0 Å². The molecule has 110 valence electrons. The van der Waals surface area contributed by atoms with Gasteiger partial charge in [0.2, 0.25) is 0 Å². The van der Waals surface area contributed by atoms with Gasteiger partial charge in [-0.3, -0.25) is 0 Å². The Hall–Kier alpha value is -0.540. The minimum atomic E-state index is 0.369. The molecule has 1 heterocycles. The summed E-state index contributed by atoms with van der Waals surface area (Å²) >= 11 is 3.62. The van der Waals surface area contributed by atoms with Gasteiger partial charge < -0.3 is 10.2 Å². The Balaban J connectivity index is 1.89. The van der Waals surface area contributed by atoms with Gasteiger partial charge in [0.05, 0.1) is 0 Å². The molecule has 0 aromatic heterocycles. The standard InChI is InChI=1S/C17H25BrN2/c1-13(2)16-11-19-17(8-3-4-9-17)12-20(16)15-7-5-6-14(18)10-15/h5-7,10,13,16,19H,3-4,8-9,11-12H2,1-2H3. The van der Waals surface area contributed by atoms with Crippen LogP contribution in [0.4, 0.5) is 5.69 Å². The van der Waals surface area contributed by atoms with E-state index in [1.807, 2.05) is 0 Å². The van der Waals surface area contributed by atoms with E-state index >= 15 is 0 Å². The zero-order chi connectivity index (χ0) is 14.2. The second-order valence-corrected chi connectivity index (χ2v) is 7.70. The van der Waals surface area contributed by atoms with E-state index in [0.717, 1.165) is 13.1 Å². The summed E-state index contributed by atoms with van der Waals surface area (Å²) in [7, 11) is 0. The maximum Gasteiger partial charge on any atom is 0.0438 e. The zero-order valence-electron chi connectivity index (χ0n) is 12.5. The molecule has 1 spiro atoms. The normalized spacial score (nSPS) is 25.6. The summed E-state index contributed by atoms with van der Waals surface area (Å²) in [6, 6.07) is 9.38. The monoisotopic (exact) mass is 336 g/mol. The highest BCUT2D eigenvalue weighted by Gasteiger charge is 2.41. The molecule has 1 aliphatic carbocycles. The summed E-state index contributed by atoms with van der Waals surface area (Å²) in [4.78, 5) is 2.65. The third kappa shape index (κ3) is 2.75. The fourth-order valence-corrected chi connectivity index (χ4v) is 4.24. The van der Waals surface area contributed by atoms with Gasteiger partial charge in [0.1, 0.15) is 0 Å². The average molecular weight is 337 g/mol. The van der Waals surface area contributed by atoms with E-state index in [4.69, 9.17) is 0 Å². The number of nitrogens with one attached hydrogen (secondary N) is 1. The predicted octanol–water partition coefficient (Wildman–Crippen LogP) is 4.20. The highest BCUT2D eigenvalue weighted by molar-refractivity contribution is 9.10. The van der Waals surface area contributed by atoms with Crippen LogP contribution in [0.2, 0.25) is 0 Å². The van der Waals surface area contributed by atoms with Gasteiger partial charge in [-0.25, -0.2) is 0 Å². The van der Waals surface area contributed by atoms with Gasteiger partial charge >= 0.3 is 0 Å². The van der Waals surface area contributed by atoms with E-state index < -0.39 is 0 Å². The van der Waals surface area contributed by atoms with Crippen molar-refractivity contribution in [2.24, 2.45) is 5.92 Å². The van der Waals surface area contributed by atoms with Crippen LogP contribution in [0, 0.1) is 5.92 Å². The molecule has 1 atom stereocenters. The topological polar surface area (TPSA) is 15.3 Å². The van der Waals surface area contributed by atoms with Gasteiger partial charge in [-0.05, 0) is 37.0 Å². The van der Waals surface area contributed by atoms with Crippen LogP contribution in [0.3, 0.4) is 0 Å². The van der Waals surface area contributed by atoms with Gasteiger partial charge in [0.25, 0.3) is 0 Å². The largest absolute Gasteiger partial charge is 0.365 e. The summed E-state index contributed by atoms with van der Waals surface area (Å²) in [6.07, 6.45) is 5.43. The third-order valence-corrected chi connectivity index (χ3v) is 5.52. The number of halogens is 1. The minimum absolute atomic E-state index is 0.369.